The van der Waals surface area contributed by atoms with Crippen LogP contribution in [0.1, 0.15) is 16.8 Å². The Balaban J connectivity index is 1.68. The van der Waals surface area contributed by atoms with E-state index in [9.17, 15) is 4.39 Å². The summed E-state index contributed by atoms with van der Waals surface area (Å²) in [5, 5.41) is 7.14. The molecular weight excluding hydrogens is 351 g/mol. The molecule has 1 heterocycles. The molecule has 0 fully saturated rings. The van der Waals surface area contributed by atoms with E-state index < -0.39 is 0 Å². The average molecular weight is 371 g/mol. The van der Waals surface area contributed by atoms with Gasteiger partial charge in [-0.3, -0.25) is 0 Å². The Kier molecular flexibility index (Phi) is 5.68. The second-order valence-electron chi connectivity index (χ2n) is 6.07. The number of nitrogens with zero attached hydrogens (tertiary/aromatic N) is 2. The van der Waals surface area contributed by atoms with Crippen molar-refractivity contribution in [2.24, 2.45) is 0 Å². The van der Waals surface area contributed by atoms with E-state index in [-0.39, 0.29) is 5.82 Å². The molecule has 0 saturated carbocycles. The number of aromatic nitrogens is 2. The van der Waals surface area contributed by atoms with Crippen molar-refractivity contribution in [3.8, 4) is 0 Å². The SMILES string of the molecule is Cc1cc(NCCc2ccccc2F)nc(Nc2ccc(Cl)cc2C)n1. The Morgan fingerprint density at radius 2 is 1.85 bits per heavy atom. The quantitative estimate of drug-likeness (QED) is 0.619. The van der Waals surface area contributed by atoms with Crippen LogP contribution in [-0.2, 0) is 6.42 Å². The molecule has 0 aliphatic rings. The van der Waals surface area contributed by atoms with Gasteiger partial charge in [-0.2, -0.15) is 4.98 Å². The number of aryl methyl sites for hydroxylation is 2. The van der Waals surface area contributed by atoms with Crippen LogP contribution in [0.15, 0.2) is 48.5 Å². The Morgan fingerprint density at radius 3 is 2.62 bits per heavy atom. The highest BCUT2D eigenvalue weighted by atomic mass is 35.5. The van der Waals surface area contributed by atoms with Crippen LogP contribution in [0.5, 0.6) is 0 Å². The number of benzene rings is 2. The first-order valence-corrected chi connectivity index (χ1v) is 8.75. The molecule has 4 nitrogen and oxygen atoms in total. The second-order valence-corrected chi connectivity index (χ2v) is 6.51. The molecule has 26 heavy (non-hydrogen) atoms. The van der Waals surface area contributed by atoms with Crippen LogP contribution in [0.25, 0.3) is 0 Å². The standard InChI is InChI=1S/C20H20ClFN4/c1-13-11-16(21)7-8-18(13)25-20-24-14(2)12-19(26-20)23-10-9-15-5-3-4-6-17(15)22/h3-8,11-12H,9-10H2,1-2H3,(H2,23,24,25,26). The second kappa shape index (κ2) is 8.15. The van der Waals surface area contributed by atoms with Gasteiger partial charge < -0.3 is 10.6 Å². The molecule has 0 aliphatic heterocycles. The van der Waals surface area contributed by atoms with Gasteiger partial charge in [0.05, 0.1) is 0 Å². The lowest BCUT2D eigenvalue weighted by Crippen LogP contribution is -2.09. The van der Waals surface area contributed by atoms with Crippen molar-refractivity contribution in [3.05, 3.63) is 76.2 Å². The van der Waals surface area contributed by atoms with Crippen LogP contribution in [-0.4, -0.2) is 16.5 Å². The van der Waals surface area contributed by atoms with Gasteiger partial charge in [-0.05, 0) is 55.7 Å². The van der Waals surface area contributed by atoms with Crippen molar-refractivity contribution in [2.75, 3.05) is 17.2 Å². The molecule has 0 saturated heterocycles. The predicted molar refractivity (Wildman–Crippen MR) is 105 cm³/mol. The summed E-state index contributed by atoms with van der Waals surface area (Å²) in [5.74, 6) is 1.01. The first kappa shape index (κ1) is 18.1. The molecule has 0 amide bonds. The van der Waals surface area contributed by atoms with Crippen LogP contribution in [0.2, 0.25) is 5.02 Å². The molecular formula is C20H20ClFN4. The summed E-state index contributed by atoms with van der Waals surface area (Å²) in [7, 11) is 0. The molecule has 0 bridgehead atoms. The fourth-order valence-electron chi connectivity index (χ4n) is 2.63. The topological polar surface area (TPSA) is 49.8 Å². The molecule has 134 valence electrons. The summed E-state index contributed by atoms with van der Waals surface area (Å²) >= 11 is 5.99. The third kappa shape index (κ3) is 4.70. The zero-order valence-corrected chi connectivity index (χ0v) is 15.4. The van der Waals surface area contributed by atoms with Crippen molar-refractivity contribution in [2.45, 2.75) is 20.3 Å². The average Bonchev–Trinajstić information content (AvgIpc) is 2.59. The monoisotopic (exact) mass is 370 g/mol. The van der Waals surface area contributed by atoms with Crippen LogP contribution < -0.4 is 10.6 Å². The van der Waals surface area contributed by atoms with E-state index in [4.69, 9.17) is 11.6 Å². The lowest BCUT2D eigenvalue weighted by molar-refractivity contribution is 0.610. The van der Waals surface area contributed by atoms with Gasteiger partial charge in [-0.15, -0.1) is 0 Å². The molecule has 0 atom stereocenters. The molecule has 0 spiro atoms. The van der Waals surface area contributed by atoms with Crippen molar-refractivity contribution in [3.63, 3.8) is 0 Å². The lowest BCUT2D eigenvalue weighted by Gasteiger charge is -2.12. The number of halogens is 2. The van der Waals surface area contributed by atoms with Crippen molar-refractivity contribution in [1.29, 1.82) is 0 Å². The minimum Gasteiger partial charge on any atom is -0.370 e. The van der Waals surface area contributed by atoms with Gasteiger partial charge in [0.2, 0.25) is 5.95 Å². The van der Waals surface area contributed by atoms with Gasteiger partial charge in [0.1, 0.15) is 11.6 Å². The van der Waals surface area contributed by atoms with Crippen LogP contribution in [0, 0.1) is 19.7 Å². The van der Waals surface area contributed by atoms with Crippen LogP contribution in [0.4, 0.5) is 21.8 Å². The van der Waals surface area contributed by atoms with Gasteiger partial charge in [0, 0.05) is 29.0 Å². The number of nitrogens with one attached hydrogen (secondary N) is 2. The Bertz CT molecular complexity index is 914. The number of hydrogen-bond acceptors (Lipinski definition) is 4. The highest BCUT2D eigenvalue weighted by molar-refractivity contribution is 6.30. The maximum Gasteiger partial charge on any atom is 0.229 e. The van der Waals surface area contributed by atoms with Crippen LogP contribution >= 0.6 is 11.6 Å². The first-order chi connectivity index (χ1) is 12.5. The fourth-order valence-corrected chi connectivity index (χ4v) is 2.86. The number of rotatable bonds is 6. The highest BCUT2D eigenvalue weighted by Gasteiger charge is 2.06. The normalized spacial score (nSPS) is 10.6. The lowest BCUT2D eigenvalue weighted by atomic mass is 10.1. The largest absolute Gasteiger partial charge is 0.370 e. The minimum absolute atomic E-state index is 0.186. The molecule has 6 heteroatoms. The maximum absolute atomic E-state index is 13.7. The number of anilines is 3. The Morgan fingerprint density at radius 1 is 1.04 bits per heavy atom. The smallest absolute Gasteiger partial charge is 0.229 e. The zero-order chi connectivity index (χ0) is 18.5. The van der Waals surface area contributed by atoms with Crippen molar-refractivity contribution < 1.29 is 4.39 Å². The summed E-state index contributed by atoms with van der Waals surface area (Å²) < 4.78 is 13.7. The summed E-state index contributed by atoms with van der Waals surface area (Å²) in [6.07, 6.45) is 0.578. The van der Waals surface area contributed by atoms with E-state index in [0.717, 1.165) is 16.9 Å². The van der Waals surface area contributed by atoms with Gasteiger partial charge in [0.15, 0.2) is 0 Å². The van der Waals surface area contributed by atoms with Crippen molar-refractivity contribution in [1.82, 2.24) is 9.97 Å². The van der Waals surface area contributed by atoms with Gasteiger partial charge in [0.25, 0.3) is 0 Å². The van der Waals surface area contributed by atoms with Gasteiger partial charge >= 0.3 is 0 Å². The van der Waals surface area contributed by atoms with E-state index in [1.54, 1.807) is 12.1 Å². The molecule has 3 aromatic rings. The first-order valence-electron chi connectivity index (χ1n) is 8.37. The summed E-state index contributed by atoms with van der Waals surface area (Å²) in [6.45, 7) is 4.46. The summed E-state index contributed by atoms with van der Waals surface area (Å²) in [5.41, 5.74) is 3.43. The summed E-state index contributed by atoms with van der Waals surface area (Å²) in [4.78, 5) is 8.90. The summed E-state index contributed by atoms with van der Waals surface area (Å²) in [6, 6.07) is 14.3. The number of hydrogen-bond donors (Lipinski definition) is 2. The minimum atomic E-state index is -0.186. The van der Waals surface area contributed by atoms with Crippen molar-refractivity contribution >= 4 is 29.1 Å². The van der Waals surface area contributed by atoms with E-state index in [0.29, 0.717) is 35.3 Å². The van der Waals surface area contributed by atoms with E-state index in [2.05, 4.69) is 20.6 Å². The molecule has 0 aliphatic carbocycles. The third-order valence-corrected chi connectivity index (χ3v) is 4.18. The van der Waals surface area contributed by atoms with E-state index in [1.807, 2.05) is 44.2 Å². The predicted octanol–water partition coefficient (Wildman–Crippen LogP) is 5.28. The molecule has 2 aromatic carbocycles. The molecule has 0 unspecified atom stereocenters. The van der Waals surface area contributed by atoms with Crippen LogP contribution in [0.3, 0.4) is 0 Å². The van der Waals surface area contributed by atoms with E-state index >= 15 is 0 Å². The van der Waals surface area contributed by atoms with Gasteiger partial charge in [-0.1, -0.05) is 29.8 Å². The van der Waals surface area contributed by atoms with E-state index in [1.165, 1.54) is 6.07 Å². The molecule has 2 N–H and O–H groups in total. The molecule has 0 radical (unpaired) electrons. The maximum atomic E-state index is 13.7. The molecule has 3 rings (SSSR count). The Hall–Kier alpha value is -2.66. The highest BCUT2D eigenvalue weighted by Crippen LogP contribution is 2.23. The molecule has 1 aromatic heterocycles. The van der Waals surface area contributed by atoms with Gasteiger partial charge in [-0.25, -0.2) is 9.37 Å². The third-order valence-electron chi connectivity index (χ3n) is 3.95. The zero-order valence-electron chi connectivity index (χ0n) is 14.7. The fraction of sp³-hybridized carbons (Fsp3) is 0.200. The Labute approximate surface area is 157 Å².